The number of ether oxygens (including phenoxy) is 1. The number of rotatable bonds is 10. The molecule has 4 amide bonds. The van der Waals surface area contributed by atoms with Crippen molar-refractivity contribution in [1.82, 2.24) is 25.2 Å². The van der Waals surface area contributed by atoms with Crippen LogP contribution in [0, 0.1) is 0 Å². The highest BCUT2D eigenvalue weighted by atomic mass is 16.5. The molecule has 12 nitrogen and oxygen atoms in total. The van der Waals surface area contributed by atoms with E-state index in [1.807, 2.05) is 79.7 Å². The van der Waals surface area contributed by atoms with Crippen molar-refractivity contribution in [3.8, 4) is 0 Å². The molecule has 0 spiro atoms. The second kappa shape index (κ2) is 16.9. The number of nitrogens with one attached hydrogen (secondary N) is 4. The van der Waals surface area contributed by atoms with Gasteiger partial charge in [0.2, 0.25) is 0 Å². The molecule has 0 bridgehead atoms. The van der Waals surface area contributed by atoms with Gasteiger partial charge in [0, 0.05) is 42.3 Å². The van der Waals surface area contributed by atoms with Crippen LogP contribution in [0.2, 0.25) is 0 Å². The van der Waals surface area contributed by atoms with Gasteiger partial charge in [0.25, 0.3) is 0 Å². The number of hydrogen-bond acceptors (Lipinski definition) is 8. The number of hydrogen-bond donors (Lipinski definition) is 4. The van der Waals surface area contributed by atoms with Crippen molar-refractivity contribution in [3.05, 3.63) is 131 Å². The summed E-state index contributed by atoms with van der Waals surface area (Å²) in [6.45, 7) is 1.91. The molecule has 3 heterocycles. The average molecular weight is 790 g/mol. The number of carbonyl (C=O) groups excluding carboxylic acids is 2. The van der Waals surface area contributed by atoms with Gasteiger partial charge in [0.1, 0.15) is 11.6 Å². The number of likely N-dealkylation sites (N-methyl/N-ethyl adjacent to an activating group) is 1. The Kier molecular flexibility index (Phi) is 11.0. The first-order valence-corrected chi connectivity index (χ1v) is 20.8. The third-order valence-electron chi connectivity index (χ3n) is 11.7. The first kappa shape index (κ1) is 38.3. The smallest absolute Gasteiger partial charge is 0.341 e. The van der Waals surface area contributed by atoms with Crippen LogP contribution in [0.1, 0.15) is 60.0 Å². The number of amides is 4. The average Bonchev–Trinajstić information content (AvgIpc) is 3.86. The number of benzene rings is 4. The minimum Gasteiger partial charge on any atom is -0.381 e. The number of nitrogens with zero attached hydrogens (tertiary/aromatic N) is 5. The standard InChI is InChI=1S/C47H51N9O3/c1-54(2)25-26-55(46(57)49-36-15-19-40-33(29-36)13-21-44(50-40)52-42-17-11-31-7-3-5-9-38(31)42)56(47(58)48-35-23-27-59-28-24-35)37-16-20-41-34(30-37)14-22-45(51-41)53-43-18-12-32-8-4-6-10-39(32)43/h3-10,13-16,19-22,29-30,35,42-43H,11-12,17-18,23-28H2,1-2H3,(H,48,58)(H,49,57)(H,50,52)(H,51,53). The number of urea groups is 2. The predicted molar refractivity (Wildman–Crippen MR) is 235 cm³/mol. The van der Waals surface area contributed by atoms with Crippen LogP contribution in [0.5, 0.6) is 0 Å². The Labute approximate surface area is 344 Å². The van der Waals surface area contributed by atoms with E-state index in [1.54, 1.807) is 0 Å². The lowest BCUT2D eigenvalue weighted by molar-refractivity contribution is 0.0797. The molecule has 12 heteroatoms. The first-order valence-electron chi connectivity index (χ1n) is 20.8. The summed E-state index contributed by atoms with van der Waals surface area (Å²) in [6.07, 6.45) is 5.54. The molecule has 0 saturated carbocycles. The Morgan fingerprint density at radius 2 is 1.25 bits per heavy atom. The molecule has 302 valence electrons. The van der Waals surface area contributed by atoms with Crippen molar-refractivity contribution >= 4 is 56.9 Å². The molecule has 2 unspecified atom stereocenters. The summed E-state index contributed by atoms with van der Waals surface area (Å²) in [5.74, 6) is 1.61. The zero-order valence-corrected chi connectivity index (χ0v) is 33.7. The maximum absolute atomic E-state index is 14.5. The number of anilines is 4. The topological polar surface area (TPSA) is 127 Å². The van der Waals surface area contributed by atoms with Gasteiger partial charge in [0.15, 0.2) is 0 Å². The summed E-state index contributed by atoms with van der Waals surface area (Å²) in [7, 11) is 3.90. The van der Waals surface area contributed by atoms with Crippen molar-refractivity contribution in [1.29, 1.82) is 0 Å². The summed E-state index contributed by atoms with van der Waals surface area (Å²) >= 11 is 0. The summed E-state index contributed by atoms with van der Waals surface area (Å²) < 4.78 is 5.57. The van der Waals surface area contributed by atoms with Crippen LogP contribution in [-0.4, -0.2) is 78.4 Å². The van der Waals surface area contributed by atoms with Crippen LogP contribution in [0.3, 0.4) is 0 Å². The Balaban J connectivity index is 0.974. The van der Waals surface area contributed by atoms with E-state index in [4.69, 9.17) is 14.7 Å². The van der Waals surface area contributed by atoms with Gasteiger partial charge in [-0.15, -0.1) is 0 Å². The second-order valence-corrected chi connectivity index (χ2v) is 16.1. The molecular weight excluding hydrogens is 739 g/mol. The van der Waals surface area contributed by atoms with Crippen molar-refractivity contribution in [2.45, 2.75) is 56.7 Å². The van der Waals surface area contributed by atoms with Crippen LogP contribution >= 0.6 is 0 Å². The highest BCUT2D eigenvalue weighted by molar-refractivity contribution is 6.01. The van der Waals surface area contributed by atoms with Gasteiger partial charge in [-0.1, -0.05) is 48.5 Å². The quantitative estimate of drug-likeness (QED) is 0.102. The molecule has 6 aromatic rings. The van der Waals surface area contributed by atoms with Gasteiger partial charge >= 0.3 is 12.1 Å². The summed E-state index contributed by atoms with van der Waals surface area (Å²) in [6, 6.07) is 36.1. The van der Waals surface area contributed by atoms with E-state index < -0.39 is 6.03 Å². The zero-order valence-electron chi connectivity index (χ0n) is 33.7. The fraction of sp³-hybridized carbons (Fsp3) is 0.319. The highest BCUT2D eigenvalue weighted by Crippen LogP contribution is 2.35. The van der Waals surface area contributed by atoms with Crippen molar-refractivity contribution < 1.29 is 14.3 Å². The van der Waals surface area contributed by atoms with E-state index in [-0.39, 0.29) is 30.7 Å². The summed E-state index contributed by atoms with van der Waals surface area (Å²) in [4.78, 5) is 40.8. The first-order chi connectivity index (χ1) is 28.8. The minimum absolute atomic E-state index is 0.0789. The monoisotopic (exact) mass is 789 g/mol. The van der Waals surface area contributed by atoms with Crippen molar-refractivity contribution in [2.75, 3.05) is 61.4 Å². The van der Waals surface area contributed by atoms with Crippen LogP contribution in [0.4, 0.5) is 32.6 Å². The third-order valence-corrected chi connectivity index (χ3v) is 11.7. The van der Waals surface area contributed by atoms with Gasteiger partial charge in [-0.25, -0.2) is 24.6 Å². The maximum Gasteiger partial charge on any atom is 0.341 e. The summed E-state index contributed by atoms with van der Waals surface area (Å²) in [5, 5.41) is 18.3. The molecule has 3 aliphatic rings. The number of aryl methyl sites for hydroxylation is 2. The molecule has 4 aromatic carbocycles. The summed E-state index contributed by atoms with van der Waals surface area (Å²) in [5.41, 5.74) is 8.17. The van der Waals surface area contributed by atoms with E-state index in [1.165, 1.54) is 32.3 Å². The molecule has 1 saturated heterocycles. The fourth-order valence-corrected chi connectivity index (χ4v) is 8.60. The molecular formula is C47H51N9O3. The number of fused-ring (bicyclic) bond motifs is 4. The number of hydrazine groups is 1. The SMILES string of the molecule is CN(C)CCN(C(=O)Nc1ccc2nc(NC3CCc4ccccc43)ccc2c1)N(C(=O)NC1CCOCC1)c1ccc2nc(NC3CCc4ccccc43)ccc2c1. The largest absolute Gasteiger partial charge is 0.381 e. The molecule has 0 radical (unpaired) electrons. The van der Waals surface area contributed by atoms with Crippen molar-refractivity contribution in [3.63, 3.8) is 0 Å². The van der Waals surface area contributed by atoms with Crippen molar-refractivity contribution in [2.24, 2.45) is 0 Å². The van der Waals surface area contributed by atoms with Gasteiger partial charge in [0.05, 0.1) is 35.3 Å². The molecule has 1 aliphatic heterocycles. The fourth-order valence-electron chi connectivity index (χ4n) is 8.60. The number of pyridine rings is 2. The normalized spacial score (nSPS) is 17.4. The lowest BCUT2D eigenvalue weighted by Gasteiger charge is -2.37. The lowest BCUT2D eigenvalue weighted by atomic mass is 10.1. The molecule has 9 rings (SSSR count). The van der Waals surface area contributed by atoms with Gasteiger partial charge < -0.3 is 30.9 Å². The van der Waals surface area contributed by atoms with Crippen LogP contribution in [-0.2, 0) is 17.6 Å². The minimum atomic E-state index is -0.436. The second-order valence-electron chi connectivity index (χ2n) is 16.1. The van der Waals surface area contributed by atoms with E-state index in [9.17, 15) is 9.59 Å². The molecule has 2 aromatic heterocycles. The van der Waals surface area contributed by atoms with Crippen LogP contribution < -0.4 is 26.3 Å². The Morgan fingerprint density at radius 3 is 1.88 bits per heavy atom. The predicted octanol–water partition coefficient (Wildman–Crippen LogP) is 8.69. The Morgan fingerprint density at radius 1 is 0.661 bits per heavy atom. The molecule has 59 heavy (non-hydrogen) atoms. The van der Waals surface area contributed by atoms with Gasteiger partial charge in [-0.3, -0.25) is 0 Å². The Bertz CT molecular complexity index is 2490. The van der Waals surface area contributed by atoms with E-state index in [0.717, 1.165) is 59.1 Å². The molecule has 2 aliphatic carbocycles. The maximum atomic E-state index is 14.5. The Hall–Kier alpha value is -6.24. The van der Waals surface area contributed by atoms with Gasteiger partial charge in [-0.05, 0) is 136 Å². The van der Waals surface area contributed by atoms with E-state index in [0.29, 0.717) is 44.0 Å². The van der Waals surface area contributed by atoms with Crippen LogP contribution in [0.25, 0.3) is 21.8 Å². The highest BCUT2D eigenvalue weighted by Gasteiger charge is 2.31. The zero-order chi connectivity index (χ0) is 40.3. The number of carbonyl (C=O) groups is 2. The van der Waals surface area contributed by atoms with Crippen LogP contribution in [0.15, 0.2) is 109 Å². The lowest BCUT2D eigenvalue weighted by Crippen LogP contribution is -2.58. The third kappa shape index (κ3) is 8.50. The van der Waals surface area contributed by atoms with E-state index in [2.05, 4.69) is 69.8 Å². The number of aromatic nitrogens is 2. The molecule has 2 atom stereocenters. The molecule has 4 N–H and O–H groups in total. The molecule has 1 fully saturated rings. The van der Waals surface area contributed by atoms with Gasteiger partial charge in [-0.2, -0.15) is 5.01 Å². The van der Waals surface area contributed by atoms with E-state index >= 15 is 0 Å².